The molecule has 1 rings (SSSR count). The van der Waals surface area contributed by atoms with Crippen LogP contribution in [-0.4, -0.2) is 20.9 Å². The van der Waals surface area contributed by atoms with Crippen LogP contribution in [0.3, 0.4) is 0 Å². The van der Waals surface area contributed by atoms with E-state index in [0.717, 1.165) is 7.05 Å². The Bertz CT molecular complexity index is 342. The molecular weight excluding hydrogens is 189 g/mol. The summed E-state index contributed by atoms with van der Waals surface area (Å²) in [6.45, 7) is 0. The minimum absolute atomic E-state index is 0.0601. The molecule has 0 aliphatic heterocycles. The van der Waals surface area contributed by atoms with Crippen LogP contribution in [-0.2, 0) is 13.2 Å². The highest BCUT2D eigenvalue weighted by Crippen LogP contribution is 2.31. The molecule has 0 radical (unpaired) electrons. The predicted molar refractivity (Wildman–Crippen MR) is 35.3 cm³/mol. The molecule has 1 heterocycles. The van der Waals surface area contributed by atoms with Gasteiger partial charge < -0.3 is 5.11 Å². The molecule has 1 N–H and O–H groups in total. The number of alkyl halides is 3. The molecule has 0 bridgehead atoms. The monoisotopic (exact) mass is 194 g/mol. The Kier molecular flexibility index (Phi) is 2.02. The zero-order valence-corrected chi connectivity index (χ0v) is 6.46. The summed E-state index contributed by atoms with van der Waals surface area (Å²) < 4.78 is 36.6. The van der Waals surface area contributed by atoms with Crippen LogP contribution in [0.2, 0.25) is 0 Å². The highest BCUT2D eigenvalue weighted by Gasteiger charge is 2.37. The Morgan fingerprint density at radius 1 is 1.54 bits per heavy atom. The topological polar surface area (TPSA) is 55.1 Å². The number of imidazole rings is 1. The minimum Gasteiger partial charge on any atom is -0.493 e. The third-order valence-electron chi connectivity index (χ3n) is 1.46. The van der Waals surface area contributed by atoms with Gasteiger partial charge in [0.2, 0.25) is 11.7 Å². The summed E-state index contributed by atoms with van der Waals surface area (Å²) in [5.41, 5.74) is -0.616. The van der Waals surface area contributed by atoms with E-state index in [1.807, 2.05) is 0 Å². The van der Waals surface area contributed by atoms with Gasteiger partial charge >= 0.3 is 6.18 Å². The standard InChI is InChI=1S/C6H5F3N2O2/c1-11-4(13)3(2-12)10-5(11)6(7,8)9/h2,13H,1H3. The van der Waals surface area contributed by atoms with Crippen LogP contribution in [0.25, 0.3) is 0 Å². The molecule has 13 heavy (non-hydrogen) atoms. The predicted octanol–water partition coefficient (Wildman–Crippen LogP) is 0.957. The Hall–Kier alpha value is -1.53. The van der Waals surface area contributed by atoms with E-state index >= 15 is 0 Å². The molecule has 4 nitrogen and oxygen atoms in total. The summed E-state index contributed by atoms with van der Waals surface area (Å²) >= 11 is 0. The molecule has 0 saturated heterocycles. The lowest BCUT2D eigenvalue weighted by molar-refractivity contribution is -0.146. The van der Waals surface area contributed by atoms with Crippen LogP contribution in [0.5, 0.6) is 5.88 Å². The Labute approximate surface area is 70.6 Å². The first-order valence-corrected chi connectivity index (χ1v) is 3.16. The molecule has 72 valence electrons. The van der Waals surface area contributed by atoms with Crippen LogP contribution < -0.4 is 0 Å². The highest BCUT2D eigenvalue weighted by molar-refractivity contribution is 5.75. The van der Waals surface area contributed by atoms with Crippen molar-refractivity contribution in [3.05, 3.63) is 11.5 Å². The summed E-state index contributed by atoms with van der Waals surface area (Å²) in [5, 5.41) is 8.95. The van der Waals surface area contributed by atoms with Crippen molar-refractivity contribution in [1.29, 1.82) is 0 Å². The maximum absolute atomic E-state index is 12.1. The molecule has 0 spiro atoms. The van der Waals surface area contributed by atoms with Gasteiger partial charge in [0.05, 0.1) is 0 Å². The lowest BCUT2D eigenvalue weighted by Gasteiger charge is -2.04. The fraction of sp³-hybridized carbons (Fsp3) is 0.333. The lowest BCUT2D eigenvalue weighted by atomic mass is 10.5. The van der Waals surface area contributed by atoms with E-state index in [0.29, 0.717) is 4.57 Å². The zero-order valence-electron chi connectivity index (χ0n) is 6.46. The zero-order chi connectivity index (χ0) is 10.2. The number of carbonyl (C=O) groups is 1. The van der Waals surface area contributed by atoms with E-state index in [1.54, 1.807) is 0 Å². The van der Waals surface area contributed by atoms with Crippen molar-refractivity contribution in [2.24, 2.45) is 7.05 Å². The van der Waals surface area contributed by atoms with E-state index in [-0.39, 0.29) is 6.29 Å². The third kappa shape index (κ3) is 1.49. The summed E-state index contributed by atoms with van der Waals surface area (Å²) in [6, 6.07) is 0. The quantitative estimate of drug-likeness (QED) is 0.677. The fourth-order valence-corrected chi connectivity index (χ4v) is 0.844. The van der Waals surface area contributed by atoms with Gasteiger partial charge in [0.1, 0.15) is 0 Å². The van der Waals surface area contributed by atoms with Gasteiger partial charge in [-0.05, 0) is 0 Å². The van der Waals surface area contributed by atoms with Gasteiger partial charge in [0, 0.05) is 7.05 Å². The number of carbonyl (C=O) groups excluding carboxylic acids is 1. The van der Waals surface area contributed by atoms with E-state index in [2.05, 4.69) is 4.98 Å². The van der Waals surface area contributed by atoms with E-state index in [1.165, 1.54) is 0 Å². The molecule has 0 saturated carbocycles. The molecule has 0 unspecified atom stereocenters. The molecule has 0 atom stereocenters. The van der Waals surface area contributed by atoms with Crippen molar-refractivity contribution in [2.75, 3.05) is 0 Å². The Balaban J connectivity index is 3.33. The van der Waals surface area contributed by atoms with Crippen molar-refractivity contribution in [2.45, 2.75) is 6.18 Å². The van der Waals surface area contributed by atoms with Crippen molar-refractivity contribution in [1.82, 2.24) is 9.55 Å². The van der Waals surface area contributed by atoms with Crippen molar-refractivity contribution in [3.8, 4) is 5.88 Å². The largest absolute Gasteiger partial charge is 0.493 e. The number of aldehydes is 1. The van der Waals surface area contributed by atoms with Gasteiger partial charge in [-0.1, -0.05) is 0 Å². The summed E-state index contributed by atoms with van der Waals surface area (Å²) in [7, 11) is 0.970. The van der Waals surface area contributed by atoms with Crippen LogP contribution in [0.1, 0.15) is 16.3 Å². The Morgan fingerprint density at radius 2 is 2.08 bits per heavy atom. The van der Waals surface area contributed by atoms with Crippen molar-refractivity contribution in [3.63, 3.8) is 0 Å². The lowest BCUT2D eigenvalue weighted by Crippen LogP contribution is -2.12. The summed E-state index contributed by atoms with van der Waals surface area (Å²) in [5.74, 6) is -2.09. The van der Waals surface area contributed by atoms with Gasteiger partial charge in [-0.25, -0.2) is 4.98 Å². The van der Waals surface area contributed by atoms with E-state index < -0.39 is 23.6 Å². The van der Waals surface area contributed by atoms with Crippen LogP contribution in [0, 0.1) is 0 Å². The average molecular weight is 194 g/mol. The van der Waals surface area contributed by atoms with Crippen molar-refractivity contribution < 1.29 is 23.1 Å². The maximum Gasteiger partial charge on any atom is 0.449 e. The van der Waals surface area contributed by atoms with Crippen molar-refractivity contribution >= 4 is 6.29 Å². The number of hydrogen-bond acceptors (Lipinski definition) is 3. The highest BCUT2D eigenvalue weighted by atomic mass is 19.4. The molecule has 0 amide bonds. The molecule has 0 aliphatic rings. The second-order valence-corrected chi connectivity index (χ2v) is 2.32. The Morgan fingerprint density at radius 3 is 2.31 bits per heavy atom. The third-order valence-corrected chi connectivity index (χ3v) is 1.46. The van der Waals surface area contributed by atoms with E-state index in [4.69, 9.17) is 5.11 Å². The second kappa shape index (κ2) is 2.75. The number of nitrogens with zero attached hydrogens (tertiary/aromatic N) is 2. The number of hydrogen-bond donors (Lipinski definition) is 1. The molecular formula is C6H5F3N2O2. The van der Waals surface area contributed by atoms with Gasteiger partial charge in [0.25, 0.3) is 0 Å². The number of aromatic hydroxyl groups is 1. The van der Waals surface area contributed by atoms with Crippen LogP contribution in [0.15, 0.2) is 0 Å². The molecule has 7 heteroatoms. The molecule has 1 aromatic heterocycles. The first kappa shape index (κ1) is 9.56. The fourth-order valence-electron chi connectivity index (χ4n) is 0.844. The molecule has 0 fully saturated rings. The first-order chi connectivity index (χ1) is 5.88. The number of halogens is 3. The van der Waals surface area contributed by atoms with Crippen LogP contribution >= 0.6 is 0 Å². The normalized spacial score (nSPS) is 11.7. The SMILES string of the molecule is Cn1c(C(F)(F)F)nc(C=O)c1O. The summed E-state index contributed by atoms with van der Waals surface area (Å²) in [6.07, 6.45) is -4.61. The first-order valence-electron chi connectivity index (χ1n) is 3.16. The molecule has 0 aromatic carbocycles. The van der Waals surface area contributed by atoms with E-state index in [9.17, 15) is 18.0 Å². The number of rotatable bonds is 1. The summed E-state index contributed by atoms with van der Waals surface area (Å²) in [4.78, 5) is 13.0. The van der Waals surface area contributed by atoms with Crippen LogP contribution in [0.4, 0.5) is 13.2 Å². The number of aromatic nitrogens is 2. The molecule has 1 aromatic rings. The van der Waals surface area contributed by atoms with Gasteiger partial charge in [-0.15, -0.1) is 0 Å². The second-order valence-electron chi connectivity index (χ2n) is 2.32. The smallest absolute Gasteiger partial charge is 0.449 e. The minimum atomic E-state index is -4.67. The van der Waals surface area contributed by atoms with Gasteiger partial charge in [-0.3, -0.25) is 9.36 Å². The molecule has 0 aliphatic carbocycles. The average Bonchev–Trinajstić information content (AvgIpc) is 2.28. The van der Waals surface area contributed by atoms with Gasteiger partial charge in [0.15, 0.2) is 12.0 Å². The maximum atomic E-state index is 12.1. The van der Waals surface area contributed by atoms with Gasteiger partial charge in [-0.2, -0.15) is 13.2 Å².